The van der Waals surface area contributed by atoms with Crippen LogP contribution in [0.2, 0.25) is 0 Å². The van der Waals surface area contributed by atoms with Crippen molar-refractivity contribution in [2.45, 2.75) is 32.2 Å². The van der Waals surface area contributed by atoms with Crippen LogP contribution in [0.5, 0.6) is 0 Å². The third-order valence-electron chi connectivity index (χ3n) is 4.48. The molecule has 0 aromatic heterocycles. The first kappa shape index (κ1) is 15.3. The molecule has 4 heteroatoms. The zero-order chi connectivity index (χ0) is 15.0. The molecule has 3 nitrogen and oxygen atoms in total. The molecule has 2 atom stereocenters. The number of rotatable bonds is 4. The molecule has 0 amide bonds. The van der Waals surface area contributed by atoms with Crippen molar-refractivity contribution in [3.05, 3.63) is 48.6 Å². The van der Waals surface area contributed by atoms with Gasteiger partial charge in [0.15, 0.2) is 0 Å². The molecule has 1 aliphatic rings. The summed E-state index contributed by atoms with van der Waals surface area (Å²) in [6.07, 6.45) is 3.80. The topological polar surface area (TPSA) is 37.4 Å². The van der Waals surface area contributed by atoms with Crippen LogP contribution in [0.1, 0.15) is 31.7 Å². The summed E-state index contributed by atoms with van der Waals surface area (Å²) >= 11 is 0. The third-order valence-corrected chi connectivity index (χ3v) is 5.74. The summed E-state index contributed by atoms with van der Waals surface area (Å²) < 4.78 is 25.8. The lowest BCUT2D eigenvalue weighted by atomic mass is 9.73. The van der Waals surface area contributed by atoms with Gasteiger partial charge in [-0.15, -0.1) is 6.58 Å². The van der Waals surface area contributed by atoms with Crippen LogP contribution < -0.4 is 0 Å². The molecule has 1 aliphatic heterocycles. The lowest BCUT2D eigenvalue weighted by Crippen LogP contribution is -2.39. The second kappa shape index (κ2) is 5.34. The first-order chi connectivity index (χ1) is 9.28. The van der Waals surface area contributed by atoms with E-state index >= 15 is 0 Å². The molecule has 0 saturated carbocycles. The second-order valence-electron chi connectivity index (χ2n) is 6.16. The van der Waals surface area contributed by atoms with Gasteiger partial charge in [0.1, 0.15) is 0 Å². The highest BCUT2D eigenvalue weighted by atomic mass is 32.2. The third kappa shape index (κ3) is 2.67. The van der Waals surface area contributed by atoms with Crippen LogP contribution in [0, 0.1) is 5.41 Å². The van der Waals surface area contributed by atoms with Crippen LogP contribution >= 0.6 is 0 Å². The van der Waals surface area contributed by atoms with E-state index in [0.717, 1.165) is 0 Å². The van der Waals surface area contributed by atoms with E-state index in [4.69, 9.17) is 0 Å². The van der Waals surface area contributed by atoms with Crippen molar-refractivity contribution in [2.24, 2.45) is 5.41 Å². The number of hydrogen-bond acceptors (Lipinski definition) is 2. The Morgan fingerprint density at radius 2 is 1.95 bits per heavy atom. The van der Waals surface area contributed by atoms with Crippen LogP contribution in [0.3, 0.4) is 0 Å². The lowest BCUT2D eigenvalue weighted by molar-refractivity contribution is 0.243. The fourth-order valence-electron chi connectivity index (χ4n) is 3.31. The van der Waals surface area contributed by atoms with Crippen molar-refractivity contribution in [3.8, 4) is 0 Å². The molecule has 1 fully saturated rings. The van der Waals surface area contributed by atoms with Crippen molar-refractivity contribution in [1.82, 2.24) is 4.31 Å². The van der Waals surface area contributed by atoms with Gasteiger partial charge in [-0.1, -0.05) is 50.3 Å². The SMILES string of the molecule is C=CC[C@H]1N(S(C)(=O)=O)C[C@H](c2ccccc2)C1(C)C. The number of hydrogen-bond donors (Lipinski definition) is 0. The maximum atomic E-state index is 12.1. The average Bonchev–Trinajstić information content (AvgIpc) is 2.63. The molecule has 1 heterocycles. The van der Waals surface area contributed by atoms with E-state index in [-0.39, 0.29) is 17.4 Å². The molecule has 0 aliphatic carbocycles. The lowest BCUT2D eigenvalue weighted by Gasteiger charge is -2.33. The maximum absolute atomic E-state index is 12.1. The summed E-state index contributed by atoms with van der Waals surface area (Å²) in [6, 6.07) is 10.2. The van der Waals surface area contributed by atoms with Gasteiger partial charge in [0, 0.05) is 18.5 Å². The molecule has 0 spiro atoms. The fourth-order valence-corrected chi connectivity index (χ4v) is 4.55. The van der Waals surface area contributed by atoms with E-state index in [0.29, 0.717) is 13.0 Å². The summed E-state index contributed by atoms with van der Waals surface area (Å²) in [5.74, 6) is 0.211. The van der Waals surface area contributed by atoms with Crippen molar-refractivity contribution in [2.75, 3.05) is 12.8 Å². The van der Waals surface area contributed by atoms with Gasteiger partial charge in [-0.3, -0.25) is 0 Å². The molecule has 1 aromatic rings. The molecule has 2 rings (SSSR count). The summed E-state index contributed by atoms with van der Waals surface area (Å²) in [6.45, 7) is 8.65. The fraction of sp³-hybridized carbons (Fsp3) is 0.500. The van der Waals surface area contributed by atoms with Gasteiger partial charge in [0.05, 0.1) is 6.26 Å². The minimum absolute atomic E-state index is 0.0276. The van der Waals surface area contributed by atoms with Crippen LogP contribution in [0.4, 0.5) is 0 Å². The van der Waals surface area contributed by atoms with Crippen LogP contribution in [-0.4, -0.2) is 31.6 Å². The molecule has 20 heavy (non-hydrogen) atoms. The summed E-state index contributed by atoms with van der Waals surface area (Å²) in [5.41, 5.74) is 1.09. The Hall–Kier alpha value is -1.13. The number of benzene rings is 1. The monoisotopic (exact) mass is 293 g/mol. The van der Waals surface area contributed by atoms with E-state index in [2.05, 4.69) is 32.6 Å². The summed E-state index contributed by atoms with van der Waals surface area (Å²) in [7, 11) is -3.20. The molecule has 0 N–H and O–H groups in total. The van der Waals surface area contributed by atoms with Gasteiger partial charge in [-0.25, -0.2) is 8.42 Å². The Kier molecular flexibility index (Phi) is 4.07. The van der Waals surface area contributed by atoms with Crippen LogP contribution in [0.15, 0.2) is 43.0 Å². The van der Waals surface area contributed by atoms with Gasteiger partial charge in [-0.2, -0.15) is 4.31 Å². The Labute approximate surface area is 122 Å². The minimum atomic E-state index is -3.20. The van der Waals surface area contributed by atoms with E-state index in [1.54, 1.807) is 4.31 Å². The average molecular weight is 293 g/mol. The Morgan fingerprint density at radius 1 is 1.35 bits per heavy atom. The molecular weight excluding hydrogens is 270 g/mol. The molecule has 0 bridgehead atoms. The van der Waals surface area contributed by atoms with Gasteiger partial charge >= 0.3 is 0 Å². The zero-order valence-electron chi connectivity index (χ0n) is 12.4. The van der Waals surface area contributed by atoms with Crippen molar-refractivity contribution < 1.29 is 8.42 Å². The van der Waals surface area contributed by atoms with Gasteiger partial charge in [0.2, 0.25) is 10.0 Å². The van der Waals surface area contributed by atoms with E-state index < -0.39 is 10.0 Å². The number of nitrogens with zero attached hydrogens (tertiary/aromatic N) is 1. The van der Waals surface area contributed by atoms with E-state index in [1.165, 1.54) is 11.8 Å². The first-order valence-electron chi connectivity index (χ1n) is 6.91. The smallest absolute Gasteiger partial charge is 0.211 e. The van der Waals surface area contributed by atoms with E-state index in [9.17, 15) is 8.42 Å². The minimum Gasteiger partial charge on any atom is -0.212 e. The largest absolute Gasteiger partial charge is 0.212 e. The highest BCUT2D eigenvalue weighted by Gasteiger charge is 2.50. The first-order valence-corrected chi connectivity index (χ1v) is 8.76. The van der Waals surface area contributed by atoms with Gasteiger partial charge in [0.25, 0.3) is 0 Å². The molecule has 110 valence electrons. The highest BCUT2D eigenvalue weighted by molar-refractivity contribution is 7.88. The normalized spacial score (nSPS) is 26.6. The molecule has 1 aromatic carbocycles. The quantitative estimate of drug-likeness (QED) is 0.800. The van der Waals surface area contributed by atoms with Crippen molar-refractivity contribution in [1.29, 1.82) is 0 Å². The standard InChI is InChI=1S/C16H23NO2S/c1-5-9-15-16(2,3)14(12-17(15)20(4,18)19)13-10-7-6-8-11-13/h5-8,10-11,14-15H,1,9,12H2,2-4H3/t14-,15-/m1/s1. The van der Waals surface area contributed by atoms with Gasteiger partial charge in [-0.05, 0) is 17.4 Å². The molecule has 0 radical (unpaired) electrons. The van der Waals surface area contributed by atoms with Crippen molar-refractivity contribution in [3.63, 3.8) is 0 Å². The molecule has 1 saturated heterocycles. The highest BCUT2D eigenvalue weighted by Crippen LogP contribution is 2.48. The Balaban J connectivity index is 2.44. The van der Waals surface area contributed by atoms with Crippen LogP contribution in [-0.2, 0) is 10.0 Å². The van der Waals surface area contributed by atoms with Gasteiger partial charge < -0.3 is 0 Å². The predicted octanol–water partition coefficient (Wildman–Crippen LogP) is 3.02. The Morgan fingerprint density at radius 3 is 2.45 bits per heavy atom. The van der Waals surface area contributed by atoms with Crippen molar-refractivity contribution >= 4 is 10.0 Å². The zero-order valence-corrected chi connectivity index (χ0v) is 13.2. The summed E-state index contributed by atoms with van der Waals surface area (Å²) in [4.78, 5) is 0. The van der Waals surface area contributed by atoms with Crippen LogP contribution in [0.25, 0.3) is 0 Å². The molecule has 0 unspecified atom stereocenters. The maximum Gasteiger partial charge on any atom is 0.211 e. The van der Waals surface area contributed by atoms with E-state index in [1.807, 2.05) is 24.3 Å². The Bertz CT molecular complexity index is 578. The predicted molar refractivity (Wildman–Crippen MR) is 83.1 cm³/mol. The second-order valence-corrected chi connectivity index (χ2v) is 8.09. The molecular formula is C16H23NO2S. The summed E-state index contributed by atoms with van der Waals surface area (Å²) in [5, 5.41) is 0. The number of sulfonamides is 1.